The second-order valence-corrected chi connectivity index (χ2v) is 6.00. The Morgan fingerprint density at radius 1 is 0.950 bits per heavy atom. The SMILES string of the molecule is Cc1ccc2ccccc2c1CCCCCNC(C)C. The van der Waals surface area contributed by atoms with Crippen LogP contribution in [0.4, 0.5) is 0 Å². The molecule has 1 heteroatoms. The topological polar surface area (TPSA) is 12.0 Å². The lowest BCUT2D eigenvalue weighted by Gasteiger charge is -2.11. The zero-order valence-electron chi connectivity index (χ0n) is 13.1. The predicted molar refractivity (Wildman–Crippen MR) is 89.4 cm³/mol. The van der Waals surface area contributed by atoms with E-state index in [9.17, 15) is 0 Å². The van der Waals surface area contributed by atoms with Crippen LogP contribution in [-0.4, -0.2) is 12.6 Å². The van der Waals surface area contributed by atoms with E-state index >= 15 is 0 Å². The van der Waals surface area contributed by atoms with Gasteiger partial charge in [0.1, 0.15) is 0 Å². The lowest BCUT2D eigenvalue weighted by atomic mass is 9.95. The molecule has 0 aliphatic heterocycles. The fourth-order valence-corrected chi connectivity index (χ4v) is 2.77. The summed E-state index contributed by atoms with van der Waals surface area (Å²) in [6, 6.07) is 13.9. The largest absolute Gasteiger partial charge is 0.315 e. The van der Waals surface area contributed by atoms with Crippen molar-refractivity contribution in [3.05, 3.63) is 47.5 Å². The molecule has 0 unspecified atom stereocenters. The van der Waals surface area contributed by atoms with E-state index < -0.39 is 0 Å². The summed E-state index contributed by atoms with van der Waals surface area (Å²) >= 11 is 0. The first-order valence-electron chi connectivity index (χ1n) is 7.89. The molecule has 20 heavy (non-hydrogen) atoms. The van der Waals surface area contributed by atoms with Crippen molar-refractivity contribution in [2.24, 2.45) is 0 Å². The quantitative estimate of drug-likeness (QED) is 0.708. The summed E-state index contributed by atoms with van der Waals surface area (Å²) < 4.78 is 0. The molecule has 0 spiro atoms. The number of hydrogen-bond donors (Lipinski definition) is 1. The molecule has 2 aromatic carbocycles. The van der Waals surface area contributed by atoms with Crippen molar-refractivity contribution in [3.63, 3.8) is 0 Å². The van der Waals surface area contributed by atoms with Gasteiger partial charge in [-0.05, 0) is 54.6 Å². The first-order valence-corrected chi connectivity index (χ1v) is 7.89. The Balaban J connectivity index is 1.91. The van der Waals surface area contributed by atoms with E-state index in [2.05, 4.69) is 62.5 Å². The highest BCUT2D eigenvalue weighted by atomic mass is 14.9. The summed E-state index contributed by atoms with van der Waals surface area (Å²) in [6.45, 7) is 7.80. The average Bonchev–Trinajstić information content (AvgIpc) is 2.44. The molecule has 0 aliphatic carbocycles. The van der Waals surface area contributed by atoms with Crippen molar-refractivity contribution in [3.8, 4) is 0 Å². The number of benzene rings is 2. The van der Waals surface area contributed by atoms with E-state index in [4.69, 9.17) is 0 Å². The molecule has 0 saturated heterocycles. The molecule has 0 amide bonds. The lowest BCUT2D eigenvalue weighted by Crippen LogP contribution is -2.23. The predicted octanol–water partition coefficient (Wildman–Crippen LogP) is 4.86. The first-order chi connectivity index (χ1) is 9.68. The van der Waals surface area contributed by atoms with E-state index in [-0.39, 0.29) is 0 Å². The van der Waals surface area contributed by atoms with Crippen LogP contribution < -0.4 is 5.32 Å². The Kier molecular flexibility index (Phi) is 5.60. The van der Waals surface area contributed by atoms with Crippen LogP contribution in [0.15, 0.2) is 36.4 Å². The number of nitrogens with one attached hydrogen (secondary N) is 1. The van der Waals surface area contributed by atoms with Gasteiger partial charge in [-0.3, -0.25) is 0 Å². The minimum absolute atomic E-state index is 0.607. The molecule has 0 radical (unpaired) electrons. The highest BCUT2D eigenvalue weighted by Gasteiger charge is 2.04. The highest BCUT2D eigenvalue weighted by Crippen LogP contribution is 2.23. The summed E-state index contributed by atoms with van der Waals surface area (Å²) in [6.07, 6.45) is 5.08. The van der Waals surface area contributed by atoms with Crippen LogP contribution in [0.5, 0.6) is 0 Å². The van der Waals surface area contributed by atoms with Gasteiger partial charge in [-0.25, -0.2) is 0 Å². The van der Waals surface area contributed by atoms with Crippen LogP contribution in [0.25, 0.3) is 10.8 Å². The van der Waals surface area contributed by atoms with Crippen molar-refractivity contribution in [1.82, 2.24) is 5.32 Å². The summed E-state index contributed by atoms with van der Waals surface area (Å²) in [7, 11) is 0. The van der Waals surface area contributed by atoms with E-state index in [1.807, 2.05) is 0 Å². The zero-order valence-corrected chi connectivity index (χ0v) is 13.1. The van der Waals surface area contributed by atoms with Crippen LogP contribution in [0.2, 0.25) is 0 Å². The molecule has 108 valence electrons. The summed E-state index contributed by atoms with van der Waals surface area (Å²) in [5.74, 6) is 0. The van der Waals surface area contributed by atoms with Crippen LogP contribution in [0, 0.1) is 6.92 Å². The Labute approximate surface area is 123 Å². The maximum Gasteiger partial charge on any atom is 0.00103 e. The standard InChI is InChI=1S/C19H27N/c1-15(2)20-14-8-4-5-10-18-16(3)12-13-17-9-6-7-11-19(17)18/h6-7,9,11-13,15,20H,4-5,8,10,14H2,1-3H3. The van der Waals surface area contributed by atoms with Crippen LogP contribution in [-0.2, 0) is 6.42 Å². The number of aryl methyl sites for hydroxylation is 2. The van der Waals surface area contributed by atoms with Gasteiger partial charge in [0.2, 0.25) is 0 Å². The smallest absolute Gasteiger partial charge is 0.00103 e. The first kappa shape index (κ1) is 15.1. The minimum Gasteiger partial charge on any atom is -0.315 e. The van der Waals surface area contributed by atoms with Gasteiger partial charge in [-0.15, -0.1) is 0 Å². The molecule has 0 atom stereocenters. The van der Waals surface area contributed by atoms with Gasteiger partial charge in [-0.2, -0.15) is 0 Å². The lowest BCUT2D eigenvalue weighted by molar-refractivity contribution is 0.548. The molecule has 1 nitrogen and oxygen atoms in total. The second-order valence-electron chi connectivity index (χ2n) is 6.00. The normalized spacial score (nSPS) is 11.4. The summed E-state index contributed by atoms with van der Waals surface area (Å²) in [5, 5.41) is 6.29. The summed E-state index contributed by atoms with van der Waals surface area (Å²) in [5.41, 5.74) is 2.98. The third-order valence-electron chi connectivity index (χ3n) is 3.93. The van der Waals surface area contributed by atoms with Crippen molar-refractivity contribution >= 4 is 10.8 Å². The Hall–Kier alpha value is -1.34. The molecule has 0 saturated carbocycles. The molecule has 0 fully saturated rings. The molecule has 2 aromatic rings. The molecule has 0 heterocycles. The van der Waals surface area contributed by atoms with E-state index in [1.54, 1.807) is 5.56 Å². The van der Waals surface area contributed by atoms with E-state index in [0.29, 0.717) is 6.04 Å². The molecule has 0 aromatic heterocycles. The maximum absolute atomic E-state index is 3.49. The van der Waals surface area contributed by atoms with Crippen molar-refractivity contribution in [2.45, 2.75) is 52.5 Å². The van der Waals surface area contributed by atoms with Gasteiger partial charge in [0.15, 0.2) is 0 Å². The number of hydrogen-bond acceptors (Lipinski definition) is 1. The van der Waals surface area contributed by atoms with Gasteiger partial charge in [0, 0.05) is 6.04 Å². The van der Waals surface area contributed by atoms with Crippen LogP contribution >= 0.6 is 0 Å². The second kappa shape index (κ2) is 7.44. The number of rotatable bonds is 7. The molecule has 0 bridgehead atoms. The Bertz CT molecular complexity index is 542. The number of fused-ring (bicyclic) bond motifs is 1. The van der Waals surface area contributed by atoms with Crippen molar-refractivity contribution < 1.29 is 0 Å². The van der Waals surface area contributed by atoms with Crippen molar-refractivity contribution in [1.29, 1.82) is 0 Å². The van der Waals surface area contributed by atoms with Gasteiger partial charge < -0.3 is 5.32 Å². The highest BCUT2D eigenvalue weighted by molar-refractivity contribution is 5.86. The van der Waals surface area contributed by atoms with E-state index in [0.717, 1.165) is 6.54 Å². The van der Waals surface area contributed by atoms with Gasteiger partial charge in [0.25, 0.3) is 0 Å². The van der Waals surface area contributed by atoms with Crippen LogP contribution in [0.3, 0.4) is 0 Å². The zero-order chi connectivity index (χ0) is 14.4. The fraction of sp³-hybridized carbons (Fsp3) is 0.474. The minimum atomic E-state index is 0.607. The fourth-order valence-electron chi connectivity index (χ4n) is 2.77. The van der Waals surface area contributed by atoms with E-state index in [1.165, 1.54) is 42.0 Å². The summed E-state index contributed by atoms with van der Waals surface area (Å²) in [4.78, 5) is 0. The third-order valence-corrected chi connectivity index (χ3v) is 3.93. The Morgan fingerprint density at radius 2 is 1.75 bits per heavy atom. The van der Waals surface area contributed by atoms with Crippen LogP contribution in [0.1, 0.15) is 44.2 Å². The molecule has 1 N–H and O–H groups in total. The molecular formula is C19H27N. The molecule has 0 aliphatic rings. The van der Waals surface area contributed by atoms with Crippen molar-refractivity contribution in [2.75, 3.05) is 6.54 Å². The molecular weight excluding hydrogens is 242 g/mol. The number of unbranched alkanes of at least 4 members (excludes halogenated alkanes) is 2. The molecule has 2 rings (SSSR count). The van der Waals surface area contributed by atoms with Gasteiger partial charge >= 0.3 is 0 Å². The Morgan fingerprint density at radius 3 is 2.55 bits per heavy atom. The maximum atomic E-state index is 3.49. The average molecular weight is 269 g/mol. The van der Waals surface area contributed by atoms with Gasteiger partial charge in [-0.1, -0.05) is 56.7 Å². The third kappa shape index (κ3) is 4.08. The monoisotopic (exact) mass is 269 g/mol. The van der Waals surface area contributed by atoms with Gasteiger partial charge in [0.05, 0.1) is 0 Å².